The summed E-state index contributed by atoms with van der Waals surface area (Å²) in [6.45, 7) is 3.05. The molecule has 1 aliphatic carbocycles. The van der Waals surface area contributed by atoms with Gasteiger partial charge in [0.05, 0.1) is 11.9 Å². The highest BCUT2D eigenvalue weighted by molar-refractivity contribution is 5.76. The van der Waals surface area contributed by atoms with Crippen molar-refractivity contribution in [3.63, 3.8) is 0 Å². The number of hydrogen-bond donors (Lipinski definition) is 1. The molecule has 1 aromatic rings. The lowest BCUT2D eigenvalue weighted by Gasteiger charge is -2.44. The van der Waals surface area contributed by atoms with Crippen molar-refractivity contribution in [2.24, 2.45) is 11.7 Å². The van der Waals surface area contributed by atoms with E-state index in [9.17, 15) is 4.79 Å². The number of carbonyl (C=O) groups excluding carboxylic acids is 1. The highest BCUT2D eigenvalue weighted by Gasteiger charge is 2.35. The number of piperidine rings is 1. The van der Waals surface area contributed by atoms with E-state index in [0.717, 1.165) is 18.7 Å². The Labute approximate surface area is 125 Å². The molecule has 2 N–H and O–H groups in total. The third kappa shape index (κ3) is 3.10. The fraction of sp³-hybridized carbons (Fsp3) is 0.800. The Kier molecular flexibility index (Phi) is 4.24. The molecular formula is C15H25N5O. The number of hydrogen-bond acceptors (Lipinski definition) is 4. The van der Waals surface area contributed by atoms with Gasteiger partial charge in [-0.25, -0.2) is 4.68 Å². The Morgan fingerprint density at radius 3 is 2.90 bits per heavy atom. The van der Waals surface area contributed by atoms with E-state index in [2.05, 4.69) is 15.2 Å². The maximum atomic E-state index is 12.6. The van der Waals surface area contributed by atoms with Gasteiger partial charge < -0.3 is 10.6 Å². The molecule has 1 aliphatic heterocycles. The van der Waals surface area contributed by atoms with E-state index in [4.69, 9.17) is 5.73 Å². The van der Waals surface area contributed by atoms with Crippen molar-refractivity contribution in [1.29, 1.82) is 0 Å². The van der Waals surface area contributed by atoms with Gasteiger partial charge in [0.25, 0.3) is 0 Å². The van der Waals surface area contributed by atoms with Gasteiger partial charge in [0, 0.05) is 18.6 Å². The molecule has 3 unspecified atom stereocenters. The van der Waals surface area contributed by atoms with E-state index in [0.29, 0.717) is 12.0 Å². The molecule has 1 amide bonds. The average Bonchev–Trinajstić information content (AvgIpc) is 2.95. The Bertz CT molecular complexity index is 496. The Morgan fingerprint density at radius 2 is 2.14 bits per heavy atom. The van der Waals surface area contributed by atoms with Crippen LogP contribution in [0.3, 0.4) is 0 Å². The van der Waals surface area contributed by atoms with E-state index in [1.807, 2.05) is 6.92 Å². The zero-order chi connectivity index (χ0) is 14.8. The van der Waals surface area contributed by atoms with Crippen LogP contribution in [0.2, 0.25) is 0 Å². The van der Waals surface area contributed by atoms with Crippen molar-refractivity contribution in [3.8, 4) is 0 Å². The largest absolute Gasteiger partial charge is 0.338 e. The predicted octanol–water partition coefficient (Wildman–Crippen LogP) is 1.48. The number of fused-ring (bicyclic) bond motifs is 1. The summed E-state index contributed by atoms with van der Waals surface area (Å²) in [5.74, 6) is 0.888. The number of likely N-dealkylation sites (tertiary alicyclic amines) is 1. The zero-order valence-electron chi connectivity index (χ0n) is 12.7. The molecule has 2 heterocycles. The van der Waals surface area contributed by atoms with Crippen molar-refractivity contribution >= 4 is 5.91 Å². The molecule has 3 rings (SSSR count). The Balaban J connectivity index is 1.66. The number of aromatic nitrogens is 3. The topological polar surface area (TPSA) is 77.0 Å². The minimum absolute atomic E-state index is 0.147. The van der Waals surface area contributed by atoms with Crippen molar-refractivity contribution in [1.82, 2.24) is 19.9 Å². The van der Waals surface area contributed by atoms with Crippen LogP contribution in [0.5, 0.6) is 0 Å². The predicted molar refractivity (Wildman–Crippen MR) is 79.3 cm³/mol. The highest BCUT2D eigenvalue weighted by atomic mass is 16.2. The molecular weight excluding hydrogens is 266 g/mol. The van der Waals surface area contributed by atoms with Crippen LogP contribution in [0.25, 0.3) is 0 Å². The van der Waals surface area contributed by atoms with Crippen molar-refractivity contribution in [2.45, 2.75) is 64.1 Å². The third-order valence-corrected chi connectivity index (χ3v) is 4.88. The van der Waals surface area contributed by atoms with Crippen LogP contribution >= 0.6 is 0 Å². The summed E-state index contributed by atoms with van der Waals surface area (Å²) in [6.07, 6.45) is 9.23. The number of carbonyl (C=O) groups is 1. The van der Waals surface area contributed by atoms with Gasteiger partial charge in [0.2, 0.25) is 5.91 Å². The van der Waals surface area contributed by atoms with Crippen LogP contribution in [-0.4, -0.2) is 38.4 Å². The normalized spacial score (nSPS) is 27.2. The standard InChI is InChI=1S/C15H25N5O/c1-11(16)13-9-19(18-17-13)10-15(21)20-8-4-6-12-5-2-3-7-14(12)20/h9,11-12,14H,2-8,10,16H2,1H3. The lowest BCUT2D eigenvalue weighted by molar-refractivity contribution is -0.138. The second-order valence-electron chi connectivity index (χ2n) is 6.47. The van der Waals surface area contributed by atoms with E-state index in [-0.39, 0.29) is 18.5 Å². The minimum atomic E-state index is -0.147. The molecule has 0 spiro atoms. The molecule has 1 saturated carbocycles. The van der Waals surface area contributed by atoms with Gasteiger partial charge in [-0.3, -0.25) is 4.79 Å². The van der Waals surface area contributed by atoms with Gasteiger partial charge in [-0.2, -0.15) is 0 Å². The van der Waals surface area contributed by atoms with Crippen LogP contribution in [0.1, 0.15) is 57.2 Å². The van der Waals surface area contributed by atoms with E-state index in [1.165, 1.54) is 32.1 Å². The smallest absolute Gasteiger partial charge is 0.244 e. The first-order valence-electron chi connectivity index (χ1n) is 8.10. The number of amides is 1. The van der Waals surface area contributed by atoms with Gasteiger partial charge in [0.1, 0.15) is 6.54 Å². The summed E-state index contributed by atoms with van der Waals surface area (Å²) in [5.41, 5.74) is 6.51. The lowest BCUT2D eigenvalue weighted by atomic mass is 9.78. The molecule has 1 aromatic heterocycles. The second-order valence-corrected chi connectivity index (χ2v) is 6.47. The average molecular weight is 291 g/mol. The molecule has 6 nitrogen and oxygen atoms in total. The molecule has 1 saturated heterocycles. The number of rotatable bonds is 3. The number of nitrogens with zero attached hydrogens (tertiary/aromatic N) is 4. The quantitative estimate of drug-likeness (QED) is 0.915. The monoisotopic (exact) mass is 291 g/mol. The maximum Gasteiger partial charge on any atom is 0.244 e. The summed E-state index contributed by atoms with van der Waals surface area (Å²) >= 11 is 0. The lowest BCUT2D eigenvalue weighted by Crippen LogP contribution is -2.50. The third-order valence-electron chi connectivity index (χ3n) is 4.88. The van der Waals surface area contributed by atoms with Gasteiger partial charge in [-0.05, 0) is 38.5 Å². The highest BCUT2D eigenvalue weighted by Crippen LogP contribution is 2.35. The van der Waals surface area contributed by atoms with Gasteiger partial charge in [-0.1, -0.05) is 18.1 Å². The van der Waals surface area contributed by atoms with Gasteiger partial charge >= 0.3 is 0 Å². The first-order chi connectivity index (χ1) is 10.1. The van der Waals surface area contributed by atoms with Gasteiger partial charge in [-0.15, -0.1) is 5.10 Å². The van der Waals surface area contributed by atoms with Crippen LogP contribution in [-0.2, 0) is 11.3 Å². The Hall–Kier alpha value is -1.43. The SMILES string of the molecule is CC(N)c1cn(CC(=O)N2CCCC3CCCCC32)nn1. The van der Waals surface area contributed by atoms with Crippen molar-refractivity contribution in [3.05, 3.63) is 11.9 Å². The summed E-state index contributed by atoms with van der Waals surface area (Å²) < 4.78 is 1.62. The first kappa shape index (κ1) is 14.5. The van der Waals surface area contributed by atoms with Crippen LogP contribution in [0.15, 0.2) is 6.20 Å². The Morgan fingerprint density at radius 1 is 1.38 bits per heavy atom. The number of nitrogens with two attached hydrogens (primary N) is 1. The summed E-state index contributed by atoms with van der Waals surface area (Å²) in [4.78, 5) is 14.7. The van der Waals surface area contributed by atoms with Gasteiger partial charge in [0.15, 0.2) is 0 Å². The summed E-state index contributed by atoms with van der Waals surface area (Å²) in [7, 11) is 0. The summed E-state index contributed by atoms with van der Waals surface area (Å²) in [5, 5.41) is 8.03. The van der Waals surface area contributed by atoms with E-state index >= 15 is 0 Å². The minimum Gasteiger partial charge on any atom is -0.338 e. The molecule has 0 bridgehead atoms. The zero-order valence-corrected chi connectivity index (χ0v) is 12.7. The first-order valence-corrected chi connectivity index (χ1v) is 8.10. The molecule has 0 aromatic carbocycles. The van der Waals surface area contributed by atoms with Crippen molar-refractivity contribution < 1.29 is 4.79 Å². The molecule has 2 aliphatic rings. The van der Waals surface area contributed by atoms with E-state index in [1.54, 1.807) is 10.9 Å². The molecule has 0 radical (unpaired) electrons. The van der Waals surface area contributed by atoms with Crippen LogP contribution in [0.4, 0.5) is 0 Å². The maximum absolute atomic E-state index is 12.6. The fourth-order valence-electron chi connectivity index (χ4n) is 3.76. The van der Waals surface area contributed by atoms with Crippen molar-refractivity contribution in [2.75, 3.05) is 6.54 Å². The second kappa shape index (κ2) is 6.13. The van der Waals surface area contributed by atoms with Crippen LogP contribution in [0, 0.1) is 5.92 Å². The molecule has 21 heavy (non-hydrogen) atoms. The fourth-order valence-corrected chi connectivity index (χ4v) is 3.76. The molecule has 116 valence electrons. The molecule has 6 heteroatoms. The van der Waals surface area contributed by atoms with Crippen LogP contribution < -0.4 is 5.73 Å². The summed E-state index contributed by atoms with van der Waals surface area (Å²) in [6, 6.07) is 0.308. The van der Waals surface area contributed by atoms with E-state index < -0.39 is 0 Å². The molecule has 3 atom stereocenters. The molecule has 2 fully saturated rings.